The van der Waals surface area contributed by atoms with Gasteiger partial charge in [0, 0.05) is 29.3 Å². The van der Waals surface area contributed by atoms with E-state index in [4.69, 9.17) is 27.9 Å². The van der Waals surface area contributed by atoms with Gasteiger partial charge in [0.15, 0.2) is 0 Å². The molecule has 1 unspecified atom stereocenters. The molecule has 0 amide bonds. The van der Waals surface area contributed by atoms with Crippen LogP contribution in [0.5, 0.6) is 5.75 Å². The molecule has 0 saturated carbocycles. The van der Waals surface area contributed by atoms with Crippen LogP contribution in [0.2, 0.25) is 10.0 Å². The van der Waals surface area contributed by atoms with E-state index in [0.717, 1.165) is 12.0 Å². The Hall–Kier alpha value is -0.490. The summed E-state index contributed by atoms with van der Waals surface area (Å²) in [6.07, 6.45) is 2.64. The van der Waals surface area contributed by atoms with Gasteiger partial charge in [0.2, 0.25) is 0 Å². The third-order valence-corrected chi connectivity index (χ3v) is 4.68. The Kier molecular flexibility index (Phi) is 5.18. The van der Waals surface area contributed by atoms with Gasteiger partial charge in [-0.25, -0.2) is 8.42 Å². The van der Waals surface area contributed by atoms with Crippen molar-refractivity contribution in [2.45, 2.75) is 18.9 Å². The second kappa shape index (κ2) is 6.52. The van der Waals surface area contributed by atoms with Crippen LogP contribution in [0.25, 0.3) is 0 Å². The Bertz CT molecular complexity index is 590. The van der Waals surface area contributed by atoms with Crippen molar-refractivity contribution in [3.63, 3.8) is 0 Å². The van der Waals surface area contributed by atoms with Crippen LogP contribution in [-0.2, 0) is 9.84 Å². The molecule has 0 radical (unpaired) electrons. The second-order valence-corrected chi connectivity index (χ2v) is 8.04. The zero-order valence-electron chi connectivity index (χ0n) is 11.2. The lowest BCUT2D eigenvalue weighted by atomic mass is 10.0. The molecule has 0 aromatic heterocycles. The van der Waals surface area contributed by atoms with E-state index in [9.17, 15) is 8.42 Å². The molecular weight excluding hydrogens is 321 g/mol. The van der Waals surface area contributed by atoms with E-state index < -0.39 is 9.84 Å². The highest BCUT2D eigenvalue weighted by Gasteiger charge is 2.23. The first kappa shape index (κ1) is 15.9. The largest absolute Gasteiger partial charge is 0.492 e. The van der Waals surface area contributed by atoms with E-state index in [1.54, 1.807) is 6.07 Å². The Labute approximate surface area is 129 Å². The van der Waals surface area contributed by atoms with Crippen molar-refractivity contribution < 1.29 is 13.2 Å². The van der Waals surface area contributed by atoms with Crippen LogP contribution in [-0.4, -0.2) is 33.6 Å². The van der Waals surface area contributed by atoms with Gasteiger partial charge in [-0.15, -0.1) is 0 Å². The summed E-state index contributed by atoms with van der Waals surface area (Å²) < 4.78 is 27.7. The van der Waals surface area contributed by atoms with Crippen molar-refractivity contribution >= 4 is 33.0 Å². The Morgan fingerprint density at radius 2 is 2.15 bits per heavy atom. The summed E-state index contributed by atoms with van der Waals surface area (Å²) in [7, 11) is -2.91. The van der Waals surface area contributed by atoms with Gasteiger partial charge in [-0.05, 0) is 25.1 Å². The molecule has 7 heteroatoms. The number of sulfone groups is 1. The maximum atomic E-state index is 11.1. The lowest BCUT2D eigenvalue weighted by Crippen LogP contribution is -2.28. The fraction of sp³-hybridized carbons (Fsp3) is 0.538. The topological polar surface area (TPSA) is 55.4 Å². The minimum atomic E-state index is -2.91. The molecule has 0 aliphatic carbocycles. The van der Waals surface area contributed by atoms with E-state index in [1.807, 2.05) is 6.07 Å². The third-order valence-electron chi connectivity index (χ3n) is 3.15. The van der Waals surface area contributed by atoms with E-state index in [1.165, 1.54) is 6.26 Å². The van der Waals surface area contributed by atoms with Gasteiger partial charge in [-0.3, -0.25) is 0 Å². The van der Waals surface area contributed by atoms with Crippen molar-refractivity contribution in [3.05, 3.63) is 27.7 Å². The molecule has 4 nitrogen and oxygen atoms in total. The highest BCUT2D eigenvalue weighted by molar-refractivity contribution is 7.90. The highest BCUT2D eigenvalue weighted by atomic mass is 35.5. The van der Waals surface area contributed by atoms with Crippen LogP contribution >= 0.6 is 23.2 Å². The lowest BCUT2D eigenvalue weighted by molar-refractivity contribution is 0.253. The molecule has 1 aliphatic heterocycles. The number of ether oxygens (including phenoxy) is 1. The first-order chi connectivity index (χ1) is 9.37. The maximum Gasteiger partial charge on any atom is 0.147 e. The Morgan fingerprint density at radius 3 is 2.85 bits per heavy atom. The number of halogens is 2. The van der Waals surface area contributed by atoms with Crippen molar-refractivity contribution in [2.75, 3.05) is 25.2 Å². The molecule has 1 atom stereocenters. The molecule has 112 valence electrons. The molecule has 0 saturated heterocycles. The Balaban J connectivity index is 2.02. The minimum absolute atomic E-state index is 0.0921. The minimum Gasteiger partial charge on any atom is -0.492 e. The second-order valence-electron chi connectivity index (χ2n) is 4.93. The standard InChI is InChI=1S/C13H17Cl2NO3S/c1-20(17,18)6-2-4-16-12-3-5-19-13-10(12)7-9(14)8-11(13)15/h7-8,12,16H,2-6H2,1H3. The molecule has 20 heavy (non-hydrogen) atoms. The molecule has 0 fully saturated rings. The van der Waals surface area contributed by atoms with Crippen LogP contribution in [0.15, 0.2) is 12.1 Å². The van der Waals surface area contributed by atoms with Gasteiger partial charge in [0.25, 0.3) is 0 Å². The van der Waals surface area contributed by atoms with Gasteiger partial charge in [-0.1, -0.05) is 23.2 Å². The molecule has 1 N–H and O–H groups in total. The summed E-state index contributed by atoms with van der Waals surface area (Å²) in [5, 5.41) is 4.42. The molecule has 1 aromatic rings. The van der Waals surface area contributed by atoms with Gasteiger partial charge in [0.1, 0.15) is 15.6 Å². The van der Waals surface area contributed by atoms with Crippen LogP contribution in [0.3, 0.4) is 0 Å². The van der Waals surface area contributed by atoms with Gasteiger partial charge in [0.05, 0.1) is 17.4 Å². The Morgan fingerprint density at radius 1 is 1.40 bits per heavy atom. The van der Waals surface area contributed by atoms with Crippen LogP contribution in [0.1, 0.15) is 24.4 Å². The van der Waals surface area contributed by atoms with Crippen molar-refractivity contribution in [2.24, 2.45) is 0 Å². The highest BCUT2D eigenvalue weighted by Crippen LogP contribution is 2.39. The van der Waals surface area contributed by atoms with Crippen molar-refractivity contribution in [1.29, 1.82) is 0 Å². The van der Waals surface area contributed by atoms with Crippen LogP contribution < -0.4 is 10.1 Å². The van der Waals surface area contributed by atoms with E-state index in [-0.39, 0.29) is 11.8 Å². The number of fused-ring (bicyclic) bond motifs is 1. The number of nitrogens with one attached hydrogen (secondary N) is 1. The number of hydrogen-bond donors (Lipinski definition) is 1. The number of benzene rings is 1. The quantitative estimate of drug-likeness (QED) is 0.839. The summed E-state index contributed by atoms with van der Waals surface area (Å²) in [5.41, 5.74) is 0.938. The summed E-state index contributed by atoms with van der Waals surface area (Å²) >= 11 is 12.1. The van der Waals surface area contributed by atoms with Gasteiger partial charge in [-0.2, -0.15) is 0 Å². The average Bonchev–Trinajstić information content (AvgIpc) is 2.34. The summed E-state index contributed by atoms with van der Waals surface area (Å²) in [6.45, 7) is 1.21. The molecule has 1 aromatic carbocycles. The average molecular weight is 338 g/mol. The smallest absolute Gasteiger partial charge is 0.147 e. The normalized spacial score (nSPS) is 18.4. The maximum absolute atomic E-state index is 11.1. The predicted molar refractivity (Wildman–Crippen MR) is 81.6 cm³/mol. The zero-order chi connectivity index (χ0) is 14.8. The fourth-order valence-electron chi connectivity index (χ4n) is 2.25. The monoisotopic (exact) mass is 337 g/mol. The SMILES string of the molecule is CS(=O)(=O)CCCNC1CCOc2c(Cl)cc(Cl)cc21. The van der Waals surface area contributed by atoms with Crippen LogP contribution in [0, 0.1) is 0 Å². The van der Waals surface area contributed by atoms with Gasteiger partial charge < -0.3 is 10.1 Å². The van der Waals surface area contributed by atoms with Crippen molar-refractivity contribution in [1.82, 2.24) is 5.32 Å². The number of rotatable bonds is 5. The molecule has 2 rings (SSSR count). The third kappa shape index (κ3) is 4.25. The molecular formula is C13H17Cl2NO3S. The zero-order valence-corrected chi connectivity index (χ0v) is 13.5. The van der Waals surface area contributed by atoms with Crippen LogP contribution in [0.4, 0.5) is 0 Å². The molecule has 1 heterocycles. The number of hydrogen-bond acceptors (Lipinski definition) is 4. The molecule has 0 bridgehead atoms. The van der Waals surface area contributed by atoms with E-state index in [0.29, 0.717) is 35.4 Å². The lowest BCUT2D eigenvalue weighted by Gasteiger charge is -2.27. The summed E-state index contributed by atoms with van der Waals surface area (Å²) in [5.74, 6) is 0.856. The first-order valence-electron chi connectivity index (χ1n) is 6.39. The van der Waals surface area contributed by atoms with E-state index in [2.05, 4.69) is 5.32 Å². The summed E-state index contributed by atoms with van der Waals surface area (Å²) in [6, 6.07) is 3.60. The summed E-state index contributed by atoms with van der Waals surface area (Å²) in [4.78, 5) is 0. The predicted octanol–water partition coefficient (Wildman–Crippen LogP) is 2.84. The van der Waals surface area contributed by atoms with E-state index >= 15 is 0 Å². The van der Waals surface area contributed by atoms with Crippen molar-refractivity contribution in [3.8, 4) is 5.75 Å². The molecule has 1 aliphatic rings. The molecule has 0 spiro atoms. The first-order valence-corrected chi connectivity index (χ1v) is 9.21. The van der Waals surface area contributed by atoms with Gasteiger partial charge >= 0.3 is 0 Å². The fourth-order valence-corrected chi connectivity index (χ4v) is 3.48.